The first kappa shape index (κ1) is 13.2. The van der Waals surface area contributed by atoms with E-state index in [1.54, 1.807) is 18.2 Å². The average Bonchev–Trinajstić information content (AvgIpc) is 2.85. The van der Waals surface area contributed by atoms with Crippen LogP contribution >= 0.6 is 15.9 Å². The number of hydrogen-bond donors (Lipinski definition) is 1. The molecule has 1 aromatic carbocycles. The number of furan rings is 1. The molecule has 1 N–H and O–H groups in total. The molecule has 1 aliphatic rings. The van der Waals surface area contributed by atoms with Crippen molar-refractivity contribution in [3.05, 3.63) is 53.0 Å². The molecule has 1 aliphatic heterocycles. The van der Waals surface area contributed by atoms with Crippen LogP contribution in [0.5, 0.6) is 0 Å². The van der Waals surface area contributed by atoms with Gasteiger partial charge in [-0.25, -0.2) is 4.79 Å². The summed E-state index contributed by atoms with van der Waals surface area (Å²) in [6.07, 6.45) is 1.70. The minimum atomic E-state index is -0.0636. The van der Waals surface area contributed by atoms with Gasteiger partial charge in [0.25, 0.3) is 0 Å². The Morgan fingerprint density at radius 3 is 2.90 bits per heavy atom. The minimum absolute atomic E-state index is 0.0636. The summed E-state index contributed by atoms with van der Waals surface area (Å²) in [5, 5.41) is 2.88. The molecule has 4 nitrogen and oxygen atoms in total. The number of nitrogens with zero attached hydrogens (tertiary/aromatic N) is 1. The van der Waals surface area contributed by atoms with E-state index in [-0.39, 0.29) is 10.9 Å². The Bertz CT molecular complexity index is 666. The standard InChI is InChI=1S/C15H15BrN2O2/c1-9-12(5-6-20-9)14(16)10-3-4-13-11(7-10)8-18(2)15(19)17-13/h3-7,14H,8H2,1-2H3,(H,17,19). The largest absolute Gasteiger partial charge is 0.469 e. The highest BCUT2D eigenvalue weighted by molar-refractivity contribution is 9.09. The van der Waals surface area contributed by atoms with Gasteiger partial charge in [0.2, 0.25) is 0 Å². The molecule has 2 amide bonds. The van der Waals surface area contributed by atoms with Crippen molar-refractivity contribution in [3.63, 3.8) is 0 Å². The summed E-state index contributed by atoms with van der Waals surface area (Å²) in [7, 11) is 1.79. The fraction of sp³-hybridized carbons (Fsp3) is 0.267. The normalized spacial score (nSPS) is 15.8. The first-order chi connectivity index (χ1) is 9.56. The van der Waals surface area contributed by atoms with E-state index >= 15 is 0 Å². The average molecular weight is 335 g/mol. The van der Waals surface area contributed by atoms with Crippen LogP contribution in [0, 0.1) is 6.92 Å². The number of hydrogen-bond acceptors (Lipinski definition) is 2. The molecular weight excluding hydrogens is 320 g/mol. The van der Waals surface area contributed by atoms with E-state index in [1.165, 1.54) is 0 Å². The summed E-state index contributed by atoms with van der Waals surface area (Å²) in [5.41, 5.74) is 4.28. The second-order valence-corrected chi connectivity index (χ2v) is 5.91. The summed E-state index contributed by atoms with van der Waals surface area (Å²) >= 11 is 3.72. The predicted octanol–water partition coefficient (Wildman–Crippen LogP) is 4.05. The minimum Gasteiger partial charge on any atom is -0.469 e. The fourth-order valence-corrected chi connectivity index (χ4v) is 3.16. The van der Waals surface area contributed by atoms with Crippen molar-refractivity contribution in [1.29, 1.82) is 0 Å². The van der Waals surface area contributed by atoms with Gasteiger partial charge in [0.1, 0.15) is 5.76 Å². The maximum absolute atomic E-state index is 11.6. The number of carbonyl (C=O) groups is 1. The van der Waals surface area contributed by atoms with Crippen LogP contribution in [-0.2, 0) is 6.54 Å². The number of fused-ring (bicyclic) bond motifs is 1. The number of rotatable bonds is 2. The Balaban J connectivity index is 1.95. The van der Waals surface area contributed by atoms with E-state index in [4.69, 9.17) is 4.42 Å². The summed E-state index contributed by atoms with van der Waals surface area (Å²) in [5.74, 6) is 0.912. The zero-order valence-electron chi connectivity index (χ0n) is 11.3. The molecule has 0 bridgehead atoms. The lowest BCUT2D eigenvalue weighted by molar-refractivity contribution is 0.218. The quantitative estimate of drug-likeness (QED) is 0.842. The van der Waals surface area contributed by atoms with Crippen molar-refractivity contribution in [2.75, 3.05) is 12.4 Å². The van der Waals surface area contributed by atoms with Gasteiger partial charge in [-0.05, 0) is 30.2 Å². The van der Waals surface area contributed by atoms with Gasteiger partial charge in [-0.2, -0.15) is 0 Å². The third-order valence-electron chi connectivity index (χ3n) is 3.59. The van der Waals surface area contributed by atoms with E-state index < -0.39 is 0 Å². The molecule has 0 saturated carbocycles. The van der Waals surface area contributed by atoms with Crippen LogP contribution in [0.15, 0.2) is 34.9 Å². The molecule has 2 heterocycles. The van der Waals surface area contributed by atoms with Crippen LogP contribution in [0.4, 0.5) is 10.5 Å². The fourth-order valence-electron chi connectivity index (χ4n) is 2.40. The number of carbonyl (C=O) groups excluding carboxylic acids is 1. The molecule has 3 rings (SSSR count). The second-order valence-electron chi connectivity index (χ2n) is 5.00. The lowest BCUT2D eigenvalue weighted by atomic mass is 10.0. The van der Waals surface area contributed by atoms with Gasteiger partial charge in [0.05, 0.1) is 11.1 Å². The number of aryl methyl sites for hydroxylation is 1. The van der Waals surface area contributed by atoms with Crippen LogP contribution in [0.2, 0.25) is 0 Å². The first-order valence-electron chi connectivity index (χ1n) is 6.39. The smallest absolute Gasteiger partial charge is 0.321 e. The lowest BCUT2D eigenvalue weighted by Crippen LogP contribution is -2.35. The maximum Gasteiger partial charge on any atom is 0.321 e. The monoisotopic (exact) mass is 334 g/mol. The molecule has 2 aromatic rings. The first-order valence-corrected chi connectivity index (χ1v) is 7.31. The van der Waals surface area contributed by atoms with Gasteiger partial charge in [-0.3, -0.25) is 0 Å². The van der Waals surface area contributed by atoms with E-state index in [0.717, 1.165) is 28.1 Å². The van der Waals surface area contributed by atoms with Crippen LogP contribution in [0.1, 0.15) is 27.3 Å². The van der Waals surface area contributed by atoms with Crippen molar-refractivity contribution in [1.82, 2.24) is 4.90 Å². The van der Waals surface area contributed by atoms with E-state index in [0.29, 0.717) is 6.54 Å². The Labute approximate surface area is 125 Å². The van der Waals surface area contributed by atoms with Crippen molar-refractivity contribution in [3.8, 4) is 0 Å². The third-order valence-corrected chi connectivity index (χ3v) is 4.61. The van der Waals surface area contributed by atoms with Gasteiger partial charge in [-0.1, -0.05) is 28.1 Å². The maximum atomic E-state index is 11.6. The molecule has 20 heavy (non-hydrogen) atoms. The SMILES string of the molecule is Cc1occc1C(Br)c1ccc2c(c1)CN(C)C(=O)N2. The molecule has 0 saturated heterocycles. The van der Waals surface area contributed by atoms with Crippen molar-refractivity contribution >= 4 is 27.6 Å². The molecule has 1 atom stereocenters. The number of benzene rings is 1. The Kier molecular flexibility index (Phi) is 3.30. The molecule has 0 spiro atoms. The summed E-state index contributed by atoms with van der Waals surface area (Å²) < 4.78 is 5.36. The van der Waals surface area contributed by atoms with Crippen molar-refractivity contribution in [2.45, 2.75) is 18.3 Å². The molecule has 0 fully saturated rings. The zero-order valence-corrected chi connectivity index (χ0v) is 12.9. The Morgan fingerprint density at radius 2 is 2.20 bits per heavy atom. The molecular formula is C15H15BrN2O2. The van der Waals surface area contributed by atoms with Crippen LogP contribution in [0.25, 0.3) is 0 Å². The van der Waals surface area contributed by atoms with E-state index in [9.17, 15) is 4.79 Å². The number of alkyl halides is 1. The van der Waals surface area contributed by atoms with E-state index in [2.05, 4.69) is 27.3 Å². The molecule has 104 valence electrons. The third kappa shape index (κ3) is 2.22. The van der Waals surface area contributed by atoms with Gasteiger partial charge >= 0.3 is 6.03 Å². The summed E-state index contributed by atoms with van der Waals surface area (Å²) in [6, 6.07) is 8.01. The summed E-state index contributed by atoms with van der Waals surface area (Å²) in [6.45, 7) is 2.58. The van der Waals surface area contributed by atoms with Crippen LogP contribution in [0.3, 0.4) is 0 Å². The molecule has 0 aliphatic carbocycles. The van der Waals surface area contributed by atoms with Gasteiger partial charge in [0.15, 0.2) is 0 Å². The number of nitrogens with one attached hydrogen (secondary N) is 1. The number of urea groups is 1. The van der Waals surface area contributed by atoms with E-state index in [1.807, 2.05) is 25.1 Å². The Hall–Kier alpha value is -1.75. The highest BCUT2D eigenvalue weighted by Gasteiger charge is 2.21. The van der Waals surface area contributed by atoms with Gasteiger partial charge < -0.3 is 14.6 Å². The number of amides is 2. The van der Waals surface area contributed by atoms with Crippen molar-refractivity contribution in [2.24, 2.45) is 0 Å². The highest BCUT2D eigenvalue weighted by atomic mass is 79.9. The Morgan fingerprint density at radius 1 is 1.40 bits per heavy atom. The zero-order chi connectivity index (χ0) is 14.3. The highest BCUT2D eigenvalue weighted by Crippen LogP contribution is 2.35. The van der Waals surface area contributed by atoms with Gasteiger partial charge in [0, 0.05) is 24.8 Å². The van der Waals surface area contributed by atoms with Gasteiger partial charge in [-0.15, -0.1) is 0 Å². The second kappa shape index (κ2) is 4.98. The molecule has 5 heteroatoms. The topological polar surface area (TPSA) is 45.5 Å². The van der Waals surface area contributed by atoms with Crippen LogP contribution < -0.4 is 5.32 Å². The molecule has 0 radical (unpaired) electrons. The van der Waals surface area contributed by atoms with Crippen molar-refractivity contribution < 1.29 is 9.21 Å². The summed E-state index contributed by atoms with van der Waals surface area (Å²) in [4.78, 5) is 13.4. The number of halogens is 1. The number of anilines is 1. The predicted molar refractivity (Wildman–Crippen MR) is 81.1 cm³/mol. The molecule has 1 unspecified atom stereocenters. The van der Waals surface area contributed by atoms with Crippen LogP contribution in [-0.4, -0.2) is 18.0 Å². The molecule has 1 aromatic heterocycles. The lowest BCUT2D eigenvalue weighted by Gasteiger charge is -2.26.